The Kier molecular flexibility index (Phi) is 4.80. The van der Waals surface area contributed by atoms with Crippen molar-refractivity contribution in [1.82, 2.24) is 24.6 Å². The van der Waals surface area contributed by atoms with Crippen molar-refractivity contribution in [2.24, 2.45) is 7.05 Å². The van der Waals surface area contributed by atoms with Gasteiger partial charge in [0.25, 0.3) is 6.43 Å². The van der Waals surface area contributed by atoms with Crippen molar-refractivity contribution < 1.29 is 8.78 Å². The van der Waals surface area contributed by atoms with Gasteiger partial charge >= 0.3 is 0 Å². The SMILES string of the molecule is Cn1cc(CN2CCCC(Nc3ccncn3)C2)c(C(F)F)n1. The summed E-state index contributed by atoms with van der Waals surface area (Å²) >= 11 is 0. The molecule has 1 fully saturated rings. The predicted octanol–water partition coefficient (Wildman–Crippen LogP) is 2.22. The van der Waals surface area contributed by atoms with E-state index in [1.807, 2.05) is 6.07 Å². The molecule has 1 saturated heterocycles. The van der Waals surface area contributed by atoms with Gasteiger partial charge in [-0.3, -0.25) is 9.58 Å². The number of anilines is 1. The van der Waals surface area contributed by atoms with Crippen molar-refractivity contribution in [3.63, 3.8) is 0 Å². The molecular weight excluding hydrogens is 302 g/mol. The molecule has 1 atom stereocenters. The van der Waals surface area contributed by atoms with E-state index in [-0.39, 0.29) is 11.7 Å². The zero-order valence-corrected chi connectivity index (χ0v) is 13.0. The van der Waals surface area contributed by atoms with Crippen LogP contribution in [-0.4, -0.2) is 43.8 Å². The van der Waals surface area contributed by atoms with Gasteiger partial charge in [-0.1, -0.05) is 0 Å². The van der Waals surface area contributed by atoms with Gasteiger partial charge in [0.05, 0.1) is 0 Å². The Morgan fingerprint density at radius 3 is 3.04 bits per heavy atom. The molecule has 2 aromatic rings. The summed E-state index contributed by atoms with van der Waals surface area (Å²) in [6, 6.07) is 2.08. The fourth-order valence-corrected chi connectivity index (χ4v) is 3.00. The third kappa shape index (κ3) is 4.01. The maximum Gasteiger partial charge on any atom is 0.282 e. The summed E-state index contributed by atoms with van der Waals surface area (Å²) in [5.41, 5.74) is 0.489. The molecule has 0 aromatic carbocycles. The van der Waals surface area contributed by atoms with Crippen LogP contribution < -0.4 is 5.32 Å². The fourth-order valence-electron chi connectivity index (χ4n) is 3.00. The maximum atomic E-state index is 13.0. The van der Waals surface area contributed by atoms with Gasteiger partial charge in [0.2, 0.25) is 0 Å². The number of hydrogen-bond donors (Lipinski definition) is 1. The second-order valence-corrected chi connectivity index (χ2v) is 5.83. The molecule has 6 nitrogen and oxygen atoms in total. The Morgan fingerprint density at radius 1 is 1.43 bits per heavy atom. The van der Waals surface area contributed by atoms with Crippen LogP contribution in [0, 0.1) is 0 Å². The largest absolute Gasteiger partial charge is 0.366 e. The van der Waals surface area contributed by atoms with Crippen LogP contribution in [0.25, 0.3) is 0 Å². The van der Waals surface area contributed by atoms with Crippen LogP contribution in [0.1, 0.15) is 30.5 Å². The number of nitrogens with zero attached hydrogens (tertiary/aromatic N) is 5. The molecule has 124 valence electrons. The Bertz CT molecular complexity index is 630. The van der Waals surface area contributed by atoms with E-state index in [1.54, 1.807) is 19.4 Å². The first kappa shape index (κ1) is 15.8. The summed E-state index contributed by atoms with van der Waals surface area (Å²) in [4.78, 5) is 10.3. The molecule has 0 radical (unpaired) electrons. The minimum absolute atomic E-state index is 0.113. The van der Waals surface area contributed by atoms with Crippen molar-refractivity contribution in [2.75, 3.05) is 18.4 Å². The van der Waals surface area contributed by atoms with Crippen molar-refractivity contribution >= 4 is 5.82 Å². The number of halogens is 2. The zero-order chi connectivity index (χ0) is 16.2. The molecule has 0 bridgehead atoms. The summed E-state index contributed by atoms with van der Waals surface area (Å²) in [5.74, 6) is 0.793. The van der Waals surface area contributed by atoms with E-state index in [1.165, 1.54) is 11.0 Å². The van der Waals surface area contributed by atoms with Crippen LogP contribution in [-0.2, 0) is 13.6 Å². The molecule has 23 heavy (non-hydrogen) atoms. The third-order valence-electron chi connectivity index (χ3n) is 3.98. The lowest BCUT2D eigenvalue weighted by Crippen LogP contribution is -2.41. The zero-order valence-electron chi connectivity index (χ0n) is 13.0. The van der Waals surface area contributed by atoms with Crippen molar-refractivity contribution in [3.8, 4) is 0 Å². The topological polar surface area (TPSA) is 58.9 Å². The lowest BCUT2D eigenvalue weighted by molar-refractivity contribution is 0.141. The van der Waals surface area contributed by atoms with Gasteiger partial charge in [-0.15, -0.1) is 0 Å². The Balaban J connectivity index is 1.63. The van der Waals surface area contributed by atoms with E-state index in [4.69, 9.17) is 0 Å². The summed E-state index contributed by atoms with van der Waals surface area (Å²) in [7, 11) is 1.67. The highest BCUT2D eigenvalue weighted by Gasteiger charge is 2.24. The standard InChI is InChI=1S/C15H20F2N6/c1-22-7-11(14(21-22)15(16)17)8-23-6-2-3-12(9-23)20-13-4-5-18-10-19-13/h4-5,7,10,12,15H,2-3,6,8-9H2,1H3,(H,18,19,20). The van der Waals surface area contributed by atoms with Crippen LogP contribution in [0.5, 0.6) is 0 Å². The molecule has 1 unspecified atom stereocenters. The van der Waals surface area contributed by atoms with Crippen LogP contribution in [0.4, 0.5) is 14.6 Å². The number of nitrogens with one attached hydrogen (secondary N) is 1. The lowest BCUT2D eigenvalue weighted by Gasteiger charge is -2.33. The van der Waals surface area contributed by atoms with Crippen molar-refractivity contribution in [1.29, 1.82) is 0 Å². The number of aromatic nitrogens is 4. The number of alkyl halides is 2. The van der Waals surface area contributed by atoms with Gasteiger partial charge in [0.15, 0.2) is 0 Å². The van der Waals surface area contributed by atoms with Crippen LogP contribution >= 0.6 is 0 Å². The van der Waals surface area contributed by atoms with E-state index in [0.29, 0.717) is 12.1 Å². The van der Waals surface area contributed by atoms with E-state index in [9.17, 15) is 8.78 Å². The fraction of sp³-hybridized carbons (Fsp3) is 0.533. The molecule has 2 aromatic heterocycles. The minimum Gasteiger partial charge on any atom is -0.366 e. The molecule has 0 aliphatic carbocycles. The Labute approximate surface area is 133 Å². The summed E-state index contributed by atoms with van der Waals surface area (Å²) in [6.45, 7) is 2.19. The van der Waals surface area contributed by atoms with Gasteiger partial charge < -0.3 is 5.32 Å². The highest BCUT2D eigenvalue weighted by molar-refractivity contribution is 5.33. The lowest BCUT2D eigenvalue weighted by atomic mass is 10.0. The Morgan fingerprint density at radius 2 is 2.30 bits per heavy atom. The van der Waals surface area contributed by atoms with Gasteiger partial charge in [-0.2, -0.15) is 5.10 Å². The number of aryl methyl sites for hydroxylation is 1. The first-order valence-electron chi connectivity index (χ1n) is 7.67. The summed E-state index contributed by atoms with van der Waals surface area (Å²) in [5, 5.41) is 7.25. The number of piperidine rings is 1. The van der Waals surface area contributed by atoms with Crippen molar-refractivity contribution in [2.45, 2.75) is 31.9 Å². The molecule has 3 heterocycles. The average molecular weight is 322 g/mol. The minimum atomic E-state index is -2.54. The number of likely N-dealkylation sites (tertiary alicyclic amines) is 1. The Hall–Kier alpha value is -2.09. The van der Waals surface area contributed by atoms with E-state index < -0.39 is 6.43 Å². The molecule has 1 aliphatic heterocycles. The second-order valence-electron chi connectivity index (χ2n) is 5.83. The van der Waals surface area contributed by atoms with Gasteiger partial charge in [-0.25, -0.2) is 18.7 Å². The highest BCUT2D eigenvalue weighted by Crippen LogP contribution is 2.24. The first-order valence-corrected chi connectivity index (χ1v) is 7.67. The molecule has 0 saturated carbocycles. The molecule has 1 N–H and O–H groups in total. The molecule has 1 aliphatic rings. The van der Waals surface area contributed by atoms with Crippen molar-refractivity contribution in [3.05, 3.63) is 36.0 Å². The number of rotatable bonds is 5. The van der Waals surface area contributed by atoms with Crippen LogP contribution in [0.15, 0.2) is 24.8 Å². The molecule has 8 heteroatoms. The van der Waals surface area contributed by atoms with E-state index >= 15 is 0 Å². The number of hydrogen-bond acceptors (Lipinski definition) is 5. The quantitative estimate of drug-likeness (QED) is 0.915. The van der Waals surface area contributed by atoms with Crippen LogP contribution in [0.2, 0.25) is 0 Å². The van der Waals surface area contributed by atoms with Gasteiger partial charge in [-0.05, 0) is 25.5 Å². The summed E-state index contributed by atoms with van der Waals surface area (Å²) in [6.07, 6.45) is 4.41. The van der Waals surface area contributed by atoms with E-state index in [0.717, 1.165) is 31.7 Å². The third-order valence-corrected chi connectivity index (χ3v) is 3.98. The average Bonchev–Trinajstić information content (AvgIpc) is 2.89. The molecular formula is C15H20F2N6. The van der Waals surface area contributed by atoms with Gasteiger partial charge in [0, 0.05) is 44.1 Å². The second kappa shape index (κ2) is 6.99. The van der Waals surface area contributed by atoms with E-state index in [2.05, 4.69) is 25.3 Å². The molecule has 3 rings (SSSR count). The predicted molar refractivity (Wildman–Crippen MR) is 82.1 cm³/mol. The van der Waals surface area contributed by atoms with Crippen LogP contribution in [0.3, 0.4) is 0 Å². The van der Waals surface area contributed by atoms with Gasteiger partial charge in [0.1, 0.15) is 17.8 Å². The normalized spacial score (nSPS) is 19.2. The first-order chi connectivity index (χ1) is 11.1. The maximum absolute atomic E-state index is 13.0. The monoisotopic (exact) mass is 322 g/mol. The summed E-state index contributed by atoms with van der Waals surface area (Å²) < 4.78 is 27.5. The molecule has 0 amide bonds. The highest BCUT2D eigenvalue weighted by atomic mass is 19.3. The molecule has 0 spiro atoms. The smallest absolute Gasteiger partial charge is 0.282 e.